The van der Waals surface area contributed by atoms with Gasteiger partial charge in [0.1, 0.15) is 12.4 Å². The van der Waals surface area contributed by atoms with Gasteiger partial charge in [0.15, 0.2) is 9.84 Å². The first-order valence-corrected chi connectivity index (χ1v) is 6.96. The highest BCUT2D eigenvalue weighted by Crippen LogP contribution is 2.21. The highest BCUT2D eigenvalue weighted by Gasteiger charge is 2.08. The molecule has 1 aromatic rings. The van der Waals surface area contributed by atoms with Crippen molar-refractivity contribution in [2.75, 3.05) is 23.8 Å². The van der Waals surface area contributed by atoms with Gasteiger partial charge in [-0.2, -0.15) is 0 Å². The Labute approximate surface area is 96.3 Å². The van der Waals surface area contributed by atoms with Crippen molar-refractivity contribution >= 4 is 15.5 Å². The van der Waals surface area contributed by atoms with Crippen LogP contribution in [-0.4, -0.2) is 26.5 Å². The number of anilines is 1. The van der Waals surface area contributed by atoms with Crippen molar-refractivity contribution < 1.29 is 13.2 Å². The molecule has 0 unspecified atom stereocenters. The van der Waals surface area contributed by atoms with Crippen molar-refractivity contribution in [3.63, 3.8) is 0 Å². The molecule has 0 aromatic heterocycles. The standard InChI is InChI=1S/C11H17NO3S/c1-3-16(13,14)7-6-15-11-5-4-9(2)8-10(11)12/h4-5,8H,3,6-7,12H2,1-2H3. The second-order valence-electron chi connectivity index (χ2n) is 3.63. The first-order valence-electron chi connectivity index (χ1n) is 5.14. The summed E-state index contributed by atoms with van der Waals surface area (Å²) in [6.07, 6.45) is 0. The predicted octanol–water partition coefficient (Wildman–Crippen LogP) is 1.39. The minimum atomic E-state index is -2.98. The van der Waals surface area contributed by atoms with E-state index in [-0.39, 0.29) is 18.1 Å². The summed E-state index contributed by atoms with van der Waals surface area (Å²) in [6.45, 7) is 3.70. The van der Waals surface area contributed by atoms with E-state index in [1.54, 1.807) is 19.1 Å². The zero-order valence-corrected chi connectivity index (χ0v) is 10.4. The van der Waals surface area contributed by atoms with Crippen LogP contribution in [0.2, 0.25) is 0 Å². The minimum Gasteiger partial charge on any atom is -0.490 e. The predicted molar refractivity (Wildman–Crippen MR) is 65.4 cm³/mol. The topological polar surface area (TPSA) is 69.4 Å². The van der Waals surface area contributed by atoms with Gasteiger partial charge in [0.2, 0.25) is 0 Å². The number of aryl methyl sites for hydroxylation is 1. The molecule has 0 radical (unpaired) electrons. The normalized spacial score (nSPS) is 11.4. The molecule has 4 nitrogen and oxygen atoms in total. The SMILES string of the molecule is CCS(=O)(=O)CCOc1ccc(C)cc1N. The maximum absolute atomic E-state index is 11.2. The summed E-state index contributed by atoms with van der Waals surface area (Å²) in [6, 6.07) is 5.42. The van der Waals surface area contributed by atoms with Crippen LogP contribution in [-0.2, 0) is 9.84 Å². The number of nitrogens with two attached hydrogens (primary N) is 1. The summed E-state index contributed by atoms with van der Waals surface area (Å²) in [7, 11) is -2.98. The number of nitrogen functional groups attached to an aromatic ring is 1. The van der Waals surface area contributed by atoms with Crippen LogP contribution in [0.25, 0.3) is 0 Å². The van der Waals surface area contributed by atoms with E-state index >= 15 is 0 Å². The van der Waals surface area contributed by atoms with Crippen LogP contribution in [0.3, 0.4) is 0 Å². The van der Waals surface area contributed by atoms with E-state index in [0.717, 1.165) is 5.56 Å². The highest BCUT2D eigenvalue weighted by molar-refractivity contribution is 7.91. The van der Waals surface area contributed by atoms with Crippen LogP contribution in [0.4, 0.5) is 5.69 Å². The summed E-state index contributed by atoms with van der Waals surface area (Å²) >= 11 is 0. The first-order chi connectivity index (χ1) is 7.44. The van der Waals surface area contributed by atoms with Crippen molar-refractivity contribution in [2.45, 2.75) is 13.8 Å². The number of hydrogen-bond acceptors (Lipinski definition) is 4. The van der Waals surface area contributed by atoms with Crippen LogP contribution in [0, 0.1) is 6.92 Å². The third kappa shape index (κ3) is 3.73. The maximum Gasteiger partial charge on any atom is 0.153 e. The van der Waals surface area contributed by atoms with Crippen LogP contribution in [0.5, 0.6) is 5.75 Å². The van der Waals surface area contributed by atoms with Crippen molar-refractivity contribution in [1.82, 2.24) is 0 Å². The summed E-state index contributed by atoms with van der Waals surface area (Å²) in [4.78, 5) is 0. The molecule has 0 fully saturated rings. The van der Waals surface area contributed by atoms with Gasteiger partial charge in [0, 0.05) is 5.75 Å². The average molecular weight is 243 g/mol. The molecule has 0 saturated heterocycles. The lowest BCUT2D eigenvalue weighted by Gasteiger charge is -2.09. The number of rotatable bonds is 5. The lowest BCUT2D eigenvalue weighted by atomic mass is 10.2. The molecule has 0 heterocycles. The molecule has 0 amide bonds. The van der Waals surface area contributed by atoms with Crippen LogP contribution in [0.15, 0.2) is 18.2 Å². The molecule has 5 heteroatoms. The van der Waals surface area contributed by atoms with Gasteiger partial charge in [0.05, 0.1) is 11.4 Å². The molecular formula is C11H17NO3S. The Morgan fingerprint density at radius 3 is 2.62 bits per heavy atom. The first kappa shape index (κ1) is 12.8. The summed E-state index contributed by atoms with van der Waals surface area (Å²) < 4.78 is 27.8. The lowest BCUT2D eigenvalue weighted by Crippen LogP contribution is -2.16. The smallest absolute Gasteiger partial charge is 0.153 e. The van der Waals surface area contributed by atoms with Crippen molar-refractivity contribution in [3.8, 4) is 5.75 Å². The molecule has 1 rings (SSSR count). The number of ether oxygens (including phenoxy) is 1. The quantitative estimate of drug-likeness (QED) is 0.793. The Balaban J connectivity index is 2.56. The van der Waals surface area contributed by atoms with E-state index < -0.39 is 9.84 Å². The molecule has 0 aliphatic rings. The third-order valence-electron chi connectivity index (χ3n) is 2.26. The van der Waals surface area contributed by atoms with E-state index in [1.807, 2.05) is 13.0 Å². The molecule has 0 bridgehead atoms. The van der Waals surface area contributed by atoms with Crippen molar-refractivity contribution in [1.29, 1.82) is 0 Å². The molecule has 0 spiro atoms. The Morgan fingerprint density at radius 2 is 2.06 bits per heavy atom. The molecule has 16 heavy (non-hydrogen) atoms. The van der Waals surface area contributed by atoms with Gasteiger partial charge in [0.25, 0.3) is 0 Å². The zero-order chi connectivity index (χ0) is 12.2. The third-order valence-corrected chi connectivity index (χ3v) is 3.93. The number of benzene rings is 1. The summed E-state index contributed by atoms with van der Waals surface area (Å²) in [5.74, 6) is 0.702. The zero-order valence-electron chi connectivity index (χ0n) is 9.56. The average Bonchev–Trinajstić information content (AvgIpc) is 2.21. The van der Waals surface area contributed by atoms with E-state index in [9.17, 15) is 8.42 Å². The van der Waals surface area contributed by atoms with Gasteiger partial charge < -0.3 is 10.5 Å². The second kappa shape index (κ2) is 5.21. The van der Waals surface area contributed by atoms with Crippen molar-refractivity contribution in [3.05, 3.63) is 23.8 Å². The van der Waals surface area contributed by atoms with Gasteiger partial charge in [-0.25, -0.2) is 8.42 Å². The summed E-state index contributed by atoms with van der Waals surface area (Å²) in [5.41, 5.74) is 7.31. The monoisotopic (exact) mass is 243 g/mol. The second-order valence-corrected chi connectivity index (χ2v) is 6.10. The fourth-order valence-corrected chi connectivity index (χ4v) is 1.85. The van der Waals surface area contributed by atoms with Gasteiger partial charge in [-0.3, -0.25) is 0 Å². The molecule has 90 valence electrons. The molecule has 0 aliphatic heterocycles. The van der Waals surface area contributed by atoms with Gasteiger partial charge in [-0.05, 0) is 24.6 Å². The molecule has 2 N–H and O–H groups in total. The van der Waals surface area contributed by atoms with E-state index in [4.69, 9.17) is 10.5 Å². The molecule has 1 aromatic carbocycles. The molecule has 0 saturated carbocycles. The Hall–Kier alpha value is -1.23. The van der Waals surface area contributed by atoms with Crippen LogP contribution >= 0.6 is 0 Å². The van der Waals surface area contributed by atoms with Gasteiger partial charge >= 0.3 is 0 Å². The maximum atomic E-state index is 11.2. The van der Waals surface area contributed by atoms with E-state index in [0.29, 0.717) is 11.4 Å². The molecular weight excluding hydrogens is 226 g/mol. The molecule has 0 atom stereocenters. The van der Waals surface area contributed by atoms with E-state index in [2.05, 4.69) is 0 Å². The van der Waals surface area contributed by atoms with Crippen molar-refractivity contribution in [2.24, 2.45) is 0 Å². The van der Waals surface area contributed by atoms with E-state index in [1.165, 1.54) is 0 Å². The Kier molecular flexibility index (Phi) is 4.18. The number of sulfone groups is 1. The Bertz CT molecular complexity index is 454. The fraction of sp³-hybridized carbons (Fsp3) is 0.455. The highest BCUT2D eigenvalue weighted by atomic mass is 32.2. The largest absolute Gasteiger partial charge is 0.490 e. The Morgan fingerprint density at radius 1 is 1.38 bits per heavy atom. The van der Waals surface area contributed by atoms with Crippen LogP contribution in [0.1, 0.15) is 12.5 Å². The van der Waals surface area contributed by atoms with Gasteiger partial charge in [-0.15, -0.1) is 0 Å². The number of hydrogen-bond donors (Lipinski definition) is 1. The lowest BCUT2D eigenvalue weighted by molar-refractivity contribution is 0.342. The minimum absolute atomic E-state index is 0.0246. The van der Waals surface area contributed by atoms with Crippen LogP contribution < -0.4 is 10.5 Å². The molecule has 0 aliphatic carbocycles. The van der Waals surface area contributed by atoms with Gasteiger partial charge in [-0.1, -0.05) is 13.0 Å². The fourth-order valence-electron chi connectivity index (χ4n) is 1.22. The summed E-state index contributed by atoms with van der Waals surface area (Å²) in [5, 5.41) is 0.